The summed E-state index contributed by atoms with van der Waals surface area (Å²) in [6.07, 6.45) is 8.17. The first-order valence-corrected chi connectivity index (χ1v) is 14.3. The van der Waals surface area contributed by atoms with Crippen molar-refractivity contribution in [2.24, 2.45) is 17.8 Å². The van der Waals surface area contributed by atoms with Crippen LogP contribution in [0.4, 0.5) is 11.4 Å². The summed E-state index contributed by atoms with van der Waals surface area (Å²) in [7, 11) is -2.31. The molecule has 1 N–H and O–H groups in total. The maximum Gasteiger partial charge on any atom is 0.264 e. The van der Waals surface area contributed by atoms with Gasteiger partial charge in [-0.2, -0.15) is 0 Å². The molecule has 4 aliphatic carbocycles. The van der Waals surface area contributed by atoms with Crippen molar-refractivity contribution in [3.8, 4) is 0 Å². The van der Waals surface area contributed by atoms with Gasteiger partial charge in [0.1, 0.15) is 0 Å². The minimum Gasteiger partial charge on any atom is -0.322 e. The largest absolute Gasteiger partial charge is 0.322 e. The molecule has 4 bridgehead atoms. The van der Waals surface area contributed by atoms with E-state index in [1.165, 1.54) is 55.4 Å². The van der Waals surface area contributed by atoms with Crippen molar-refractivity contribution in [2.45, 2.75) is 48.8 Å². The van der Waals surface area contributed by atoms with Crippen LogP contribution in [0.1, 0.15) is 54.4 Å². The zero-order valence-corrected chi connectivity index (χ0v) is 21.4. The first kappa shape index (κ1) is 23.3. The first-order valence-electron chi connectivity index (χ1n) is 12.9. The van der Waals surface area contributed by atoms with Gasteiger partial charge in [0, 0.05) is 12.7 Å². The summed E-state index contributed by atoms with van der Waals surface area (Å²) in [5.41, 5.74) is 3.09. The molecule has 0 aliphatic heterocycles. The molecule has 0 radical (unpaired) electrons. The van der Waals surface area contributed by atoms with E-state index in [9.17, 15) is 13.2 Å². The molecule has 5 nitrogen and oxygen atoms in total. The average Bonchev–Trinajstić information content (AvgIpc) is 2.88. The Hall–Kier alpha value is -3.12. The molecule has 0 aromatic heterocycles. The molecule has 3 aromatic carbocycles. The van der Waals surface area contributed by atoms with E-state index in [4.69, 9.17) is 0 Å². The summed E-state index contributed by atoms with van der Waals surface area (Å²) < 4.78 is 27.5. The predicted octanol–water partition coefficient (Wildman–Crippen LogP) is 6.23. The number of benzene rings is 3. The Kier molecular flexibility index (Phi) is 5.67. The van der Waals surface area contributed by atoms with Crippen molar-refractivity contribution in [1.82, 2.24) is 0 Å². The molecule has 4 fully saturated rings. The highest BCUT2D eigenvalue weighted by Crippen LogP contribution is 2.60. The van der Waals surface area contributed by atoms with Crippen LogP contribution in [0.2, 0.25) is 0 Å². The zero-order chi connectivity index (χ0) is 24.9. The molecular formula is C30H32N2O3S. The third kappa shape index (κ3) is 4.01. The number of carbonyl (C=O) groups is 1. The van der Waals surface area contributed by atoms with Gasteiger partial charge in [0.25, 0.3) is 15.9 Å². The number of hydrogen-bond acceptors (Lipinski definition) is 3. The Bertz CT molecular complexity index is 1350. The van der Waals surface area contributed by atoms with Crippen LogP contribution in [0.15, 0.2) is 83.8 Å². The van der Waals surface area contributed by atoms with E-state index in [-0.39, 0.29) is 10.8 Å². The first-order chi connectivity index (χ1) is 17.3. The van der Waals surface area contributed by atoms with Gasteiger partial charge < -0.3 is 5.32 Å². The lowest BCUT2D eigenvalue weighted by molar-refractivity contribution is -0.00518. The Morgan fingerprint density at radius 2 is 1.36 bits per heavy atom. The quantitative estimate of drug-likeness (QED) is 0.436. The fourth-order valence-corrected chi connectivity index (χ4v) is 8.63. The van der Waals surface area contributed by atoms with Crippen LogP contribution in [0.5, 0.6) is 0 Å². The number of sulfonamides is 1. The lowest BCUT2D eigenvalue weighted by Crippen LogP contribution is -2.48. The van der Waals surface area contributed by atoms with Crippen molar-refractivity contribution in [2.75, 3.05) is 16.7 Å². The molecule has 0 atom stereocenters. The molecule has 1 amide bonds. The Morgan fingerprint density at radius 3 is 1.97 bits per heavy atom. The minimum absolute atomic E-state index is 0.183. The fourth-order valence-electron chi connectivity index (χ4n) is 7.39. The van der Waals surface area contributed by atoms with Crippen LogP contribution in [0, 0.1) is 17.8 Å². The molecule has 0 heterocycles. The molecule has 0 saturated heterocycles. The van der Waals surface area contributed by atoms with Gasteiger partial charge in [0.05, 0.1) is 16.1 Å². The number of nitrogens with zero attached hydrogens (tertiary/aromatic N) is 1. The summed E-state index contributed by atoms with van der Waals surface area (Å²) in [6, 6.07) is 23.4. The van der Waals surface area contributed by atoms with Crippen LogP contribution >= 0.6 is 0 Å². The lowest BCUT2D eigenvalue weighted by Gasteiger charge is -2.57. The molecule has 0 spiro atoms. The second kappa shape index (κ2) is 8.77. The molecule has 186 valence electrons. The van der Waals surface area contributed by atoms with Crippen LogP contribution in [-0.2, 0) is 15.4 Å². The van der Waals surface area contributed by atoms with Crippen molar-refractivity contribution < 1.29 is 13.2 Å². The number of anilines is 2. The second-order valence-corrected chi connectivity index (χ2v) is 13.0. The summed E-state index contributed by atoms with van der Waals surface area (Å²) in [6.45, 7) is 0. The number of hydrogen-bond donors (Lipinski definition) is 1. The molecule has 4 saturated carbocycles. The fraction of sp³-hybridized carbons (Fsp3) is 0.367. The molecule has 3 aromatic rings. The second-order valence-electron chi connectivity index (χ2n) is 11.0. The zero-order valence-electron chi connectivity index (χ0n) is 20.6. The van der Waals surface area contributed by atoms with Gasteiger partial charge in [-0.25, -0.2) is 8.42 Å². The Labute approximate surface area is 213 Å². The molecule has 6 heteroatoms. The monoisotopic (exact) mass is 500 g/mol. The SMILES string of the molecule is CN(c1ccccc1C(=O)Nc1ccc(C23CC4CC(CC(C4)C2)C3)cc1)S(=O)(=O)c1ccccc1. The van der Waals surface area contributed by atoms with Gasteiger partial charge in [0.15, 0.2) is 0 Å². The number of amides is 1. The van der Waals surface area contributed by atoms with E-state index in [1.54, 1.807) is 54.6 Å². The Morgan fingerprint density at radius 1 is 0.806 bits per heavy atom. The summed E-state index contributed by atoms with van der Waals surface area (Å²) in [5.74, 6) is 2.33. The average molecular weight is 501 g/mol. The van der Waals surface area contributed by atoms with Gasteiger partial charge in [-0.1, -0.05) is 42.5 Å². The maximum absolute atomic E-state index is 13.3. The van der Waals surface area contributed by atoms with Crippen LogP contribution in [0.25, 0.3) is 0 Å². The molecule has 7 rings (SSSR count). The number of nitrogens with one attached hydrogen (secondary N) is 1. The van der Waals surface area contributed by atoms with Gasteiger partial charge in [-0.05, 0) is 104 Å². The lowest BCUT2D eigenvalue weighted by atomic mass is 9.48. The summed E-state index contributed by atoms with van der Waals surface area (Å²) >= 11 is 0. The topological polar surface area (TPSA) is 66.5 Å². The van der Waals surface area contributed by atoms with Crippen LogP contribution < -0.4 is 9.62 Å². The normalized spacial score (nSPS) is 26.5. The van der Waals surface area contributed by atoms with E-state index in [0.29, 0.717) is 16.7 Å². The number of rotatable bonds is 6. The predicted molar refractivity (Wildman–Crippen MR) is 143 cm³/mol. The Balaban J connectivity index is 1.22. The van der Waals surface area contributed by atoms with Gasteiger partial charge in [-0.15, -0.1) is 0 Å². The maximum atomic E-state index is 13.3. The molecular weight excluding hydrogens is 468 g/mol. The standard InChI is InChI=1S/C30H32N2O3S/c1-32(36(34,35)26-7-3-2-4-8-26)28-10-6-5-9-27(28)29(33)31-25-13-11-24(12-14-25)30-18-21-15-22(19-30)17-23(16-21)20-30/h2-14,21-23H,15-20H2,1H3,(H,31,33). The highest BCUT2D eigenvalue weighted by Gasteiger charge is 2.51. The van der Waals surface area contributed by atoms with E-state index < -0.39 is 10.0 Å². The van der Waals surface area contributed by atoms with Crippen molar-refractivity contribution >= 4 is 27.3 Å². The molecule has 36 heavy (non-hydrogen) atoms. The van der Waals surface area contributed by atoms with Crippen molar-refractivity contribution in [1.29, 1.82) is 0 Å². The third-order valence-corrected chi connectivity index (χ3v) is 10.5. The van der Waals surface area contributed by atoms with E-state index >= 15 is 0 Å². The highest BCUT2D eigenvalue weighted by molar-refractivity contribution is 7.92. The van der Waals surface area contributed by atoms with E-state index in [1.807, 2.05) is 12.1 Å². The number of carbonyl (C=O) groups excluding carboxylic acids is 1. The summed E-state index contributed by atoms with van der Waals surface area (Å²) in [5, 5.41) is 2.99. The van der Waals surface area contributed by atoms with E-state index in [0.717, 1.165) is 23.4 Å². The summed E-state index contributed by atoms with van der Waals surface area (Å²) in [4.78, 5) is 13.5. The van der Waals surface area contributed by atoms with Crippen molar-refractivity contribution in [3.63, 3.8) is 0 Å². The minimum atomic E-state index is -3.80. The third-order valence-electron chi connectivity index (χ3n) is 8.68. The van der Waals surface area contributed by atoms with Crippen LogP contribution in [0.3, 0.4) is 0 Å². The van der Waals surface area contributed by atoms with Crippen molar-refractivity contribution in [3.05, 3.63) is 90.0 Å². The highest BCUT2D eigenvalue weighted by atomic mass is 32.2. The molecule has 4 aliphatic rings. The van der Waals surface area contributed by atoms with Crippen LogP contribution in [-0.4, -0.2) is 21.4 Å². The smallest absolute Gasteiger partial charge is 0.264 e. The van der Waals surface area contributed by atoms with Gasteiger partial charge >= 0.3 is 0 Å². The molecule has 0 unspecified atom stereocenters. The van der Waals surface area contributed by atoms with Gasteiger partial charge in [-0.3, -0.25) is 9.10 Å². The number of para-hydroxylation sites is 1. The van der Waals surface area contributed by atoms with E-state index in [2.05, 4.69) is 17.4 Å². The van der Waals surface area contributed by atoms with Gasteiger partial charge in [0.2, 0.25) is 0 Å².